The standard InChI is InChI=1S/C16H12N4O3S/c1-23-8-5-6-10-12(7-8)24-16(18-10)20-14(21)9-3-2-4-11-13(9)19-15(22)17-11/h2-7H,1H3,(H2,17,19,22)(H,18,20,21). The maximum absolute atomic E-state index is 12.5. The molecule has 2 aromatic carbocycles. The van der Waals surface area contributed by atoms with Gasteiger partial charge in [0, 0.05) is 0 Å². The molecule has 0 spiro atoms. The van der Waals surface area contributed by atoms with Crippen molar-refractivity contribution in [1.82, 2.24) is 15.0 Å². The molecule has 2 heterocycles. The van der Waals surface area contributed by atoms with E-state index in [1.807, 2.05) is 18.2 Å². The first-order valence-corrected chi connectivity index (χ1v) is 7.92. The molecule has 0 aliphatic carbocycles. The molecule has 0 aliphatic heterocycles. The van der Waals surface area contributed by atoms with Crippen LogP contribution in [0.1, 0.15) is 10.4 Å². The van der Waals surface area contributed by atoms with Crippen LogP contribution in [-0.4, -0.2) is 28.0 Å². The smallest absolute Gasteiger partial charge is 0.323 e. The number of anilines is 1. The van der Waals surface area contributed by atoms with Crippen molar-refractivity contribution in [2.45, 2.75) is 0 Å². The van der Waals surface area contributed by atoms with Gasteiger partial charge in [0.1, 0.15) is 5.75 Å². The van der Waals surface area contributed by atoms with E-state index in [1.165, 1.54) is 11.3 Å². The van der Waals surface area contributed by atoms with Crippen molar-refractivity contribution in [3.63, 3.8) is 0 Å². The molecule has 0 saturated heterocycles. The average molecular weight is 340 g/mol. The Morgan fingerprint density at radius 1 is 1.25 bits per heavy atom. The summed E-state index contributed by atoms with van der Waals surface area (Å²) in [7, 11) is 1.60. The van der Waals surface area contributed by atoms with Crippen LogP contribution in [0.25, 0.3) is 21.3 Å². The van der Waals surface area contributed by atoms with Gasteiger partial charge >= 0.3 is 5.69 Å². The monoisotopic (exact) mass is 340 g/mol. The number of nitrogens with zero attached hydrogens (tertiary/aromatic N) is 1. The van der Waals surface area contributed by atoms with E-state index in [2.05, 4.69) is 20.3 Å². The van der Waals surface area contributed by atoms with Crippen LogP contribution in [0.4, 0.5) is 5.13 Å². The highest BCUT2D eigenvalue weighted by Gasteiger charge is 2.14. The van der Waals surface area contributed by atoms with Crippen LogP contribution in [0.15, 0.2) is 41.2 Å². The summed E-state index contributed by atoms with van der Waals surface area (Å²) in [6.45, 7) is 0. The third-order valence-electron chi connectivity index (χ3n) is 3.61. The van der Waals surface area contributed by atoms with E-state index in [4.69, 9.17) is 4.74 Å². The highest BCUT2D eigenvalue weighted by molar-refractivity contribution is 7.22. The first kappa shape index (κ1) is 14.5. The molecule has 0 fully saturated rings. The first-order valence-electron chi connectivity index (χ1n) is 7.11. The second-order valence-corrected chi connectivity index (χ2v) is 6.14. The Labute approximate surface area is 139 Å². The summed E-state index contributed by atoms with van der Waals surface area (Å²) in [4.78, 5) is 33.6. The van der Waals surface area contributed by atoms with E-state index in [0.717, 1.165) is 16.0 Å². The van der Waals surface area contributed by atoms with Gasteiger partial charge in [-0.2, -0.15) is 0 Å². The minimum Gasteiger partial charge on any atom is -0.497 e. The lowest BCUT2D eigenvalue weighted by molar-refractivity contribution is 0.102. The zero-order valence-corrected chi connectivity index (χ0v) is 13.4. The number of aromatic nitrogens is 3. The summed E-state index contributed by atoms with van der Waals surface area (Å²) in [5.41, 5.74) is 1.87. The van der Waals surface area contributed by atoms with E-state index in [1.54, 1.807) is 25.3 Å². The number of carbonyl (C=O) groups is 1. The predicted octanol–water partition coefficient (Wildman–Crippen LogP) is 2.73. The van der Waals surface area contributed by atoms with Gasteiger partial charge in [-0.15, -0.1) is 0 Å². The molecule has 0 bridgehead atoms. The number of methoxy groups -OCH3 is 1. The molecular formula is C16H12N4O3S. The summed E-state index contributed by atoms with van der Waals surface area (Å²) < 4.78 is 6.10. The first-order chi connectivity index (χ1) is 11.6. The molecule has 8 heteroatoms. The lowest BCUT2D eigenvalue weighted by atomic mass is 10.2. The minimum absolute atomic E-state index is 0.332. The van der Waals surface area contributed by atoms with Crippen LogP contribution in [0.2, 0.25) is 0 Å². The fourth-order valence-electron chi connectivity index (χ4n) is 2.50. The van der Waals surface area contributed by atoms with Crippen LogP contribution in [0, 0.1) is 0 Å². The number of carbonyl (C=O) groups excluding carboxylic acids is 1. The molecule has 7 nitrogen and oxygen atoms in total. The van der Waals surface area contributed by atoms with Crippen molar-refractivity contribution in [3.8, 4) is 5.75 Å². The molecule has 120 valence electrons. The Morgan fingerprint density at radius 2 is 2.12 bits per heavy atom. The van der Waals surface area contributed by atoms with Gasteiger partial charge in [-0.05, 0) is 30.3 Å². The van der Waals surface area contributed by atoms with E-state index < -0.39 is 0 Å². The van der Waals surface area contributed by atoms with Gasteiger partial charge in [0.2, 0.25) is 0 Å². The van der Waals surface area contributed by atoms with Crippen LogP contribution in [0.3, 0.4) is 0 Å². The number of benzene rings is 2. The van der Waals surface area contributed by atoms with E-state index >= 15 is 0 Å². The molecule has 0 radical (unpaired) electrons. The number of nitrogens with one attached hydrogen (secondary N) is 3. The Balaban J connectivity index is 1.69. The van der Waals surface area contributed by atoms with Crippen molar-refractivity contribution in [2.24, 2.45) is 0 Å². The van der Waals surface area contributed by atoms with Gasteiger partial charge in [-0.1, -0.05) is 17.4 Å². The second kappa shape index (κ2) is 5.50. The highest BCUT2D eigenvalue weighted by Crippen LogP contribution is 2.29. The highest BCUT2D eigenvalue weighted by atomic mass is 32.1. The normalized spacial score (nSPS) is 11.0. The summed E-state index contributed by atoms with van der Waals surface area (Å²) >= 11 is 1.36. The summed E-state index contributed by atoms with van der Waals surface area (Å²) in [6.07, 6.45) is 0. The molecule has 3 N–H and O–H groups in total. The number of ether oxygens (including phenoxy) is 1. The van der Waals surface area contributed by atoms with Crippen molar-refractivity contribution in [3.05, 3.63) is 52.4 Å². The molecular weight excluding hydrogens is 328 g/mol. The number of H-pyrrole nitrogens is 2. The number of fused-ring (bicyclic) bond motifs is 2. The van der Waals surface area contributed by atoms with Gasteiger partial charge < -0.3 is 14.7 Å². The number of thiazole rings is 1. The van der Waals surface area contributed by atoms with Crippen molar-refractivity contribution in [1.29, 1.82) is 0 Å². The Hall–Kier alpha value is -3.13. The lowest BCUT2D eigenvalue weighted by Gasteiger charge is -2.02. The number of hydrogen-bond acceptors (Lipinski definition) is 5. The zero-order chi connectivity index (χ0) is 16.7. The number of rotatable bonds is 3. The van der Waals surface area contributed by atoms with E-state index in [9.17, 15) is 9.59 Å². The molecule has 4 rings (SSSR count). The number of amides is 1. The Morgan fingerprint density at radius 3 is 2.96 bits per heavy atom. The van der Waals surface area contributed by atoms with Crippen molar-refractivity contribution in [2.75, 3.05) is 12.4 Å². The van der Waals surface area contributed by atoms with Gasteiger partial charge in [-0.3, -0.25) is 10.1 Å². The molecule has 2 aromatic heterocycles. The van der Waals surface area contributed by atoms with Crippen LogP contribution < -0.4 is 15.7 Å². The Kier molecular flexibility index (Phi) is 3.31. The topological polar surface area (TPSA) is 99.9 Å². The summed E-state index contributed by atoms with van der Waals surface area (Å²) in [5.74, 6) is 0.403. The maximum Gasteiger partial charge on any atom is 0.323 e. The van der Waals surface area contributed by atoms with Crippen molar-refractivity contribution >= 4 is 43.6 Å². The number of aromatic amines is 2. The average Bonchev–Trinajstić information content (AvgIpc) is 3.14. The maximum atomic E-state index is 12.5. The number of hydrogen-bond donors (Lipinski definition) is 3. The van der Waals surface area contributed by atoms with Crippen LogP contribution in [-0.2, 0) is 0 Å². The van der Waals surface area contributed by atoms with E-state index in [0.29, 0.717) is 21.7 Å². The second-order valence-electron chi connectivity index (χ2n) is 5.11. The fraction of sp³-hybridized carbons (Fsp3) is 0.0625. The van der Waals surface area contributed by atoms with Crippen LogP contribution in [0.5, 0.6) is 5.75 Å². The quantitative estimate of drug-likeness (QED) is 0.534. The molecule has 0 saturated carbocycles. The number of para-hydroxylation sites is 1. The number of imidazole rings is 1. The van der Waals surface area contributed by atoms with Gasteiger partial charge in [-0.25, -0.2) is 9.78 Å². The molecule has 1 amide bonds. The summed E-state index contributed by atoms with van der Waals surface area (Å²) in [6, 6.07) is 10.6. The minimum atomic E-state index is -0.350. The van der Waals surface area contributed by atoms with Crippen LogP contribution >= 0.6 is 11.3 Å². The molecule has 0 aliphatic rings. The predicted molar refractivity (Wildman–Crippen MR) is 93.0 cm³/mol. The SMILES string of the molecule is COc1ccc2nc(NC(=O)c3cccc4[nH]c(=O)[nH]c34)sc2c1. The van der Waals surface area contributed by atoms with Gasteiger partial charge in [0.25, 0.3) is 5.91 Å². The van der Waals surface area contributed by atoms with Gasteiger partial charge in [0.15, 0.2) is 5.13 Å². The third kappa shape index (κ3) is 2.42. The van der Waals surface area contributed by atoms with Crippen molar-refractivity contribution < 1.29 is 9.53 Å². The molecule has 4 aromatic rings. The fourth-order valence-corrected chi connectivity index (χ4v) is 3.39. The molecule has 24 heavy (non-hydrogen) atoms. The molecule has 0 atom stereocenters. The van der Waals surface area contributed by atoms with Gasteiger partial charge in [0.05, 0.1) is 33.9 Å². The lowest BCUT2D eigenvalue weighted by Crippen LogP contribution is -2.12. The zero-order valence-electron chi connectivity index (χ0n) is 12.5. The largest absolute Gasteiger partial charge is 0.497 e. The third-order valence-corrected chi connectivity index (χ3v) is 4.55. The Bertz CT molecular complexity index is 1130. The van der Waals surface area contributed by atoms with E-state index in [-0.39, 0.29) is 11.6 Å². The molecule has 0 unspecified atom stereocenters. The summed E-state index contributed by atoms with van der Waals surface area (Å²) in [5, 5.41) is 3.26.